The lowest BCUT2D eigenvalue weighted by Gasteiger charge is -2.30. The van der Waals surface area contributed by atoms with Gasteiger partial charge in [-0.3, -0.25) is 14.3 Å². The molecule has 2 N–H and O–H groups in total. The van der Waals surface area contributed by atoms with E-state index < -0.39 is 11.5 Å². The van der Waals surface area contributed by atoms with Crippen molar-refractivity contribution in [3.63, 3.8) is 0 Å². The first-order chi connectivity index (χ1) is 10.3. The molecule has 0 aromatic carbocycles. The Morgan fingerprint density at radius 2 is 1.95 bits per heavy atom. The molecule has 1 heterocycles. The van der Waals surface area contributed by atoms with Gasteiger partial charge in [0.05, 0.1) is 23.6 Å². The Kier molecular flexibility index (Phi) is 4.58. The van der Waals surface area contributed by atoms with E-state index >= 15 is 0 Å². The van der Waals surface area contributed by atoms with Crippen LogP contribution in [0.5, 0.6) is 0 Å². The lowest BCUT2D eigenvalue weighted by Crippen LogP contribution is -2.49. The average molecular weight is 307 g/mol. The number of aromatic nitrogens is 2. The molecule has 1 aliphatic carbocycles. The molecule has 122 valence electrons. The van der Waals surface area contributed by atoms with Gasteiger partial charge in [0.25, 0.3) is 0 Å². The molecular formula is C16H25N3O3. The minimum absolute atomic E-state index is 0.00351. The molecule has 1 aliphatic rings. The number of carboxylic acids is 1. The first-order valence-electron chi connectivity index (χ1n) is 7.80. The molecule has 0 saturated heterocycles. The molecule has 0 aliphatic heterocycles. The molecule has 2 rings (SSSR count). The number of carbonyl (C=O) groups is 2. The molecular weight excluding hydrogens is 282 g/mol. The fraction of sp³-hybridized carbons (Fsp3) is 0.688. The number of nitrogens with zero attached hydrogens (tertiary/aromatic N) is 2. The van der Waals surface area contributed by atoms with Gasteiger partial charge in [0.1, 0.15) is 0 Å². The van der Waals surface area contributed by atoms with Crippen LogP contribution in [0, 0.1) is 13.8 Å². The third-order valence-electron chi connectivity index (χ3n) is 4.83. The second-order valence-electron chi connectivity index (χ2n) is 6.48. The van der Waals surface area contributed by atoms with Crippen molar-refractivity contribution < 1.29 is 14.7 Å². The third-order valence-corrected chi connectivity index (χ3v) is 4.83. The predicted molar refractivity (Wildman–Crippen MR) is 82.7 cm³/mol. The van der Waals surface area contributed by atoms with E-state index in [1.807, 2.05) is 27.8 Å². The summed E-state index contributed by atoms with van der Waals surface area (Å²) in [6.07, 6.45) is 3.40. The van der Waals surface area contributed by atoms with Crippen molar-refractivity contribution in [2.24, 2.45) is 7.05 Å². The zero-order valence-corrected chi connectivity index (χ0v) is 13.8. The summed E-state index contributed by atoms with van der Waals surface area (Å²) in [6.45, 7) is 5.70. The fourth-order valence-electron chi connectivity index (χ4n) is 3.60. The predicted octanol–water partition coefficient (Wildman–Crippen LogP) is 2.04. The van der Waals surface area contributed by atoms with Crippen LogP contribution in [0.25, 0.3) is 0 Å². The fourth-order valence-corrected chi connectivity index (χ4v) is 3.60. The van der Waals surface area contributed by atoms with Crippen LogP contribution in [0.2, 0.25) is 0 Å². The van der Waals surface area contributed by atoms with Crippen molar-refractivity contribution in [1.29, 1.82) is 0 Å². The van der Waals surface area contributed by atoms with Gasteiger partial charge in [-0.1, -0.05) is 12.8 Å². The smallest absolute Gasteiger partial charge is 0.305 e. The van der Waals surface area contributed by atoms with Gasteiger partial charge in [-0.05, 0) is 33.6 Å². The van der Waals surface area contributed by atoms with Crippen LogP contribution in [0.1, 0.15) is 61.9 Å². The standard InChI is InChI=1S/C16H25N3O3/c1-10(14-11(2)18-19(4)12(14)3)15(22)17-16(9-13(20)21)7-5-6-8-16/h10H,5-9H2,1-4H3,(H,17,22)(H,20,21). The molecule has 0 radical (unpaired) electrons. The van der Waals surface area contributed by atoms with Crippen molar-refractivity contribution in [1.82, 2.24) is 15.1 Å². The summed E-state index contributed by atoms with van der Waals surface area (Å²) < 4.78 is 1.77. The number of nitrogens with one attached hydrogen (secondary N) is 1. The summed E-state index contributed by atoms with van der Waals surface area (Å²) in [5, 5.41) is 16.5. The number of aliphatic carboxylic acids is 1. The van der Waals surface area contributed by atoms with Crippen LogP contribution < -0.4 is 5.32 Å². The Morgan fingerprint density at radius 3 is 2.41 bits per heavy atom. The topological polar surface area (TPSA) is 84.2 Å². The van der Waals surface area contributed by atoms with Gasteiger partial charge in [-0.25, -0.2) is 0 Å². The van der Waals surface area contributed by atoms with Crippen LogP contribution in [0.4, 0.5) is 0 Å². The van der Waals surface area contributed by atoms with E-state index in [9.17, 15) is 9.59 Å². The number of carboxylic acid groups (broad SMARTS) is 1. The molecule has 0 spiro atoms. The molecule has 22 heavy (non-hydrogen) atoms. The number of hydrogen-bond donors (Lipinski definition) is 2. The molecule has 1 aromatic heterocycles. The van der Waals surface area contributed by atoms with Gasteiger partial charge in [-0.15, -0.1) is 0 Å². The monoisotopic (exact) mass is 307 g/mol. The van der Waals surface area contributed by atoms with Gasteiger partial charge in [0.2, 0.25) is 5.91 Å². The van der Waals surface area contributed by atoms with Crippen molar-refractivity contribution in [3.8, 4) is 0 Å². The first kappa shape index (κ1) is 16.5. The molecule has 1 atom stereocenters. The second kappa shape index (κ2) is 6.10. The molecule has 0 bridgehead atoms. The first-order valence-corrected chi connectivity index (χ1v) is 7.80. The van der Waals surface area contributed by atoms with Crippen LogP contribution >= 0.6 is 0 Å². The summed E-state index contributed by atoms with van der Waals surface area (Å²) in [6, 6.07) is 0. The highest BCUT2D eigenvalue weighted by Crippen LogP contribution is 2.34. The third kappa shape index (κ3) is 3.15. The van der Waals surface area contributed by atoms with Crippen LogP contribution in [-0.4, -0.2) is 32.3 Å². The highest BCUT2D eigenvalue weighted by Gasteiger charge is 2.38. The second-order valence-corrected chi connectivity index (χ2v) is 6.48. The highest BCUT2D eigenvalue weighted by atomic mass is 16.4. The largest absolute Gasteiger partial charge is 0.481 e. The number of hydrogen-bond acceptors (Lipinski definition) is 3. The molecule has 6 heteroatoms. The van der Waals surface area contributed by atoms with Gasteiger partial charge >= 0.3 is 5.97 Å². The summed E-state index contributed by atoms with van der Waals surface area (Å²) in [4.78, 5) is 23.8. The zero-order valence-electron chi connectivity index (χ0n) is 13.8. The van der Waals surface area contributed by atoms with E-state index in [-0.39, 0.29) is 18.2 Å². The van der Waals surface area contributed by atoms with E-state index in [1.54, 1.807) is 4.68 Å². The van der Waals surface area contributed by atoms with Crippen molar-refractivity contribution in [2.45, 2.75) is 64.3 Å². The maximum atomic E-state index is 12.7. The maximum absolute atomic E-state index is 12.7. The number of carbonyl (C=O) groups excluding carboxylic acids is 1. The summed E-state index contributed by atoms with van der Waals surface area (Å²) >= 11 is 0. The van der Waals surface area contributed by atoms with Crippen LogP contribution in [0.15, 0.2) is 0 Å². The van der Waals surface area contributed by atoms with Gasteiger partial charge in [-0.2, -0.15) is 5.10 Å². The lowest BCUT2D eigenvalue weighted by atomic mass is 9.90. The van der Waals surface area contributed by atoms with Gasteiger partial charge in [0, 0.05) is 18.3 Å². The SMILES string of the molecule is Cc1nn(C)c(C)c1C(C)C(=O)NC1(CC(=O)O)CCCC1. The zero-order chi connectivity index (χ0) is 16.5. The summed E-state index contributed by atoms with van der Waals surface area (Å²) in [5.74, 6) is -1.30. The molecule has 6 nitrogen and oxygen atoms in total. The molecule has 1 unspecified atom stereocenters. The van der Waals surface area contributed by atoms with Crippen molar-refractivity contribution >= 4 is 11.9 Å². The van der Waals surface area contributed by atoms with Crippen molar-refractivity contribution in [3.05, 3.63) is 17.0 Å². The van der Waals surface area contributed by atoms with Crippen molar-refractivity contribution in [2.75, 3.05) is 0 Å². The minimum atomic E-state index is -0.858. The Hall–Kier alpha value is -1.85. The molecule has 1 amide bonds. The van der Waals surface area contributed by atoms with E-state index in [2.05, 4.69) is 10.4 Å². The van der Waals surface area contributed by atoms with Gasteiger partial charge in [0.15, 0.2) is 0 Å². The normalized spacial score (nSPS) is 18.2. The molecule has 1 saturated carbocycles. The van der Waals surface area contributed by atoms with E-state index in [0.29, 0.717) is 0 Å². The number of amides is 1. The molecule has 1 fully saturated rings. The van der Waals surface area contributed by atoms with Crippen LogP contribution in [0.3, 0.4) is 0 Å². The molecule has 1 aromatic rings. The Balaban J connectivity index is 2.18. The van der Waals surface area contributed by atoms with Gasteiger partial charge < -0.3 is 10.4 Å². The number of rotatable bonds is 5. The number of aryl methyl sites for hydroxylation is 2. The Morgan fingerprint density at radius 1 is 1.36 bits per heavy atom. The summed E-state index contributed by atoms with van der Waals surface area (Å²) in [7, 11) is 1.86. The lowest BCUT2D eigenvalue weighted by molar-refractivity contribution is -0.139. The van der Waals surface area contributed by atoms with E-state index in [1.165, 1.54) is 0 Å². The van der Waals surface area contributed by atoms with Crippen LogP contribution in [-0.2, 0) is 16.6 Å². The maximum Gasteiger partial charge on any atom is 0.305 e. The Bertz CT molecular complexity index is 586. The Labute approximate surface area is 130 Å². The van der Waals surface area contributed by atoms with E-state index in [0.717, 1.165) is 42.6 Å². The minimum Gasteiger partial charge on any atom is -0.481 e. The summed E-state index contributed by atoms with van der Waals surface area (Å²) in [5.41, 5.74) is 2.17. The average Bonchev–Trinajstić information content (AvgIpc) is 2.94. The highest BCUT2D eigenvalue weighted by molar-refractivity contribution is 5.85. The quantitative estimate of drug-likeness (QED) is 0.872. The van der Waals surface area contributed by atoms with E-state index in [4.69, 9.17) is 5.11 Å².